The van der Waals surface area contributed by atoms with Crippen LogP contribution in [0.4, 0.5) is 0 Å². The third-order valence-electron chi connectivity index (χ3n) is 4.50. The third kappa shape index (κ3) is 18.1. The van der Waals surface area contributed by atoms with Gasteiger partial charge in [-0.05, 0) is 48.5 Å². The summed E-state index contributed by atoms with van der Waals surface area (Å²) in [4.78, 5) is 40.6. The van der Waals surface area contributed by atoms with Crippen molar-refractivity contribution < 1.29 is 178 Å². The maximum absolute atomic E-state index is 10.2. The smallest absolute Gasteiger partial charge is 0.545 e. The van der Waals surface area contributed by atoms with Gasteiger partial charge in [0.1, 0.15) is 23.0 Å². The number of carbonyl (C=O) groups is 4. The van der Waals surface area contributed by atoms with Crippen molar-refractivity contribution in [3.8, 4) is 23.0 Å². The first-order chi connectivity index (χ1) is 18.9. The topological polar surface area (TPSA) is 241 Å². The maximum Gasteiger partial charge on any atom is 1.00 e. The van der Waals surface area contributed by atoms with Crippen molar-refractivity contribution in [2.75, 3.05) is 0 Å². The van der Waals surface area contributed by atoms with Crippen LogP contribution in [0.15, 0.2) is 97.1 Å². The first-order valence-electron chi connectivity index (χ1n) is 10.8. The van der Waals surface area contributed by atoms with E-state index in [2.05, 4.69) is 0 Å². The van der Waals surface area contributed by atoms with Crippen molar-refractivity contribution in [2.45, 2.75) is 0 Å². The summed E-state index contributed by atoms with van der Waals surface area (Å²) in [6, 6.07) is 22.6. The fourth-order valence-corrected chi connectivity index (χ4v) is 2.59. The van der Waals surface area contributed by atoms with Gasteiger partial charge in [-0.3, -0.25) is 0 Å². The Hall–Kier alpha value is -2.04. The Balaban J connectivity index is -0.000000235. The Kier molecular flexibility index (Phi) is 29.1. The molecule has 44 heavy (non-hydrogen) atoms. The van der Waals surface area contributed by atoms with Crippen LogP contribution < -0.4 is 139 Å². The molecule has 0 saturated heterocycles. The summed E-state index contributed by atoms with van der Waals surface area (Å²) in [5.74, 6) is -6.50. The number of benzene rings is 4. The molecule has 0 atom stereocenters. The molecule has 0 saturated carbocycles. The molecule has 208 valence electrons. The zero-order chi connectivity index (χ0) is 30.2. The molecule has 4 aromatic rings. The van der Waals surface area contributed by atoms with Crippen molar-refractivity contribution >= 4 is 23.9 Å². The van der Waals surface area contributed by atoms with Crippen molar-refractivity contribution in [3.05, 3.63) is 119 Å². The second-order valence-electron chi connectivity index (χ2n) is 7.22. The first-order valence-corrected chi connectivity index (χ1v) is 10.8. The molecule has 4 N–H and O–H groups in total. The van der Waals surface area contributed by atoms with Crippen LogP contribution in [0, 0.1) is 0 Å². The summed E-state index contributed by atoms with van der Waals surface area (Å²) in [5.41, 5.74) is -0.713. The van der Waals surface area contributed by atoms with Gasteiger partial charge in [-0.25, -0.2) is 0 Å². The van der Waals surface area contributed by atoms with Gasteiger partial charge in [0.25, 0.3) is 0 Å². The SMILES string of the molecule is O=C([O-])c1ccccc1O.O=C([O-])c1ccccc1O.O=C([O-])c1ccccc1O.O=C([O-])c1ccccc1O.[Na+].[Na+].[Na+].[Na+]. The normalized spacial score (nSPS) is 8.36. The fourth-order valence-electron chi connectivity index (χ4n) is 2.59. The van der Waals surface area contributed by atoms with E-state index in [4.69, 9.17) is 20.4 Å². The molecule has 0 bridgehead atoms. The molecule has 0 unspecified atom stereocenters. The largest absolute Gasteiger partial charge is 1.00 e. The standard InChI is InChI=1S/4C7H6O3.4Na/c4*8-6-4-2-1-3-5(6)7(9)10;;;;/h4*1-4,8H,(H,9,10);;;;/q;;;;4*+1/p-4. The molecule has 0 amide bonds. The number of rotatable bonds is 4. The third-order valence-corrected chi connectivity index (χ3v) is 4.50. The number of aromatic carboxylic acids is 4. The molecule has 0 fully saturated rings. The minimum Gasteiger partial charge on any atom is -0.545 e. The van der Waals surface area contributed by atoms with E-state index in [9.17, 15) is 39.6 Å². The molecule has 0 heterocycles. The summed E-state index contributed by atoms with van der Waals surface area (Å²) in [5, 5.41) is 76.0. The molecule has 0 radical (unpaired) electrons. The van der Waals surface area contributed by atoms with E-state index in [0.717, 1.165) is 0 Å². The summed E-state index contributed by atoms with van der Waals surface area (Å²) >= 11 is 0. The van der Waals surface area contributed by atoms with E-state index < -0.39 is 23.9 Å². The van der Waals surface area contributed by atoms with Gasteiger partial charge in [0, 0.05) is 22.3 Å². The molecule has 0 aliphatic carbocycles. The van der Waals surface area contributed by atoms with Crippen molar-refractivity contribution in [1.29, 1.82) is 0 Å². The molecule has 0 aliphatic rings. The number of aromatic hydroxyl groups is 4. The van der Waals surface area contributed by atoms with E-state index in [1.807, 2.05) is 0 Å². The molecule has 16 heteroatoms. The zero-order valence-corrected chi connectivity index (χ0v) is 32.3. The molecule has 12 nitrogen and oxygen atoms in total. The quantitative estimate of drug-likeness (QED) is 0.152. The number of carbonyl (C=O) groups excluding carboxylic acids is 4. The minimum atomic E-state index is -1.36. The Morgan fingerprint density at radius 2 is 0.477 bits per heavy atom. The first kappa shape index (κ1) is 48.9. The van der Waals surface area contributed by atoms with Crippen molar-refractivity contribution in [3.63, 3.8) is 0 Å². The van der Waals surface area contributed by atoms with Gasteiger partial charge in [0.05, 0.1) is 23.9 Å². The number of carboxylic acids is 4. The molecule has 0 aromatic heterocycles. The van der Waals surface area contributed by atoms with Gasteiger partial charge in [0.2, 0.25) is 0 Å². The van der Waals surface area contributed by atoms with Gasteiger partial charge in [-0.1, -0.05) is 48.5 Å². The van der Waals surface area contributed by atoms with Gasteiger partial charge in [0.15, 0.2) is 0 Å². The minimum absolute atomic E-state index is 0. The van der Waals surface area contributed by atoms with Gasteiger partial charge in [-0.15, -0.1) is 0 Å². The van der Waals surface area contributed by atoms with Crippen LogP contribution in [0.3, 0.4) is 0 Å². The van der Waals surface area contributed by atoms with Crippen LogP contribution in [0.25, 0.3) is 0 Å². The number of hydrogen-bond donors (Lipinski definition) is 4. The number of carboxylic acid groups (broad SMARTS) is 4. The predicted octanol–water partition coefficient (Wildman–Crippen LogP) is -13.0. The van der Waals surface area contributed by atoms with Crippen LogP contribution in [0.5, 0.6) is 23.0 Å². The average molecular weight is 640 g/mol. The summed E-state index contributed by atoms with van der Waals surface area (Å²) in [6.45, 7) is 0. The van der Waals surface area contributed by atoms with Gasteiger partial charge in [-0.2, -0.15) is 0 Å². The van der Waals surface area contributed by atoms with E-state index in [1.165, 1.54) is 72.8 Å². The fraction of sp³-hybridized carbons (Fsp3) is 0. The molecule has 4 rings (SSSR count). The number of para-hydroxylation sites is 4. The molecule has 4 aromatic carbocycles. The summed E-state index contributed by atoms with van der Waals surface area (Å²) in [7, 11) is 0. The zero-order valence-electron chi connectivity index (χ0n) is 24.3. The van der Waals surface area contributed by atoms with Crippen molar-refractivity contribution in [1.82, 2.24) is 0 Å². The monoisotopic (exact) mass is 640 g/mol. The second-order valence-corrected chi connectivity index (χ2v) is 7.22. The molecule has 0 spiro atoms. The number of hydrogen-bond acceptors (Lipinski definition) is 12. The Morgan fingerprint density at radius 1 is 0.341 bits per heavy atom. The van der Waals surface area contributed by atoms with E-state index >= 15 is 0 Å². The molecule has 0 aliphatic heterocycles. The van der Waals surface area contributed by atoms with E-state index in [-0.39, 0.29) is 163 Å². The Bertz CT molecular complexity index is 1260. The maximum atomic E-state index is 10.2. The van der Waals surface area contributed by atoms with Crippen molar-refractivity contribution in [2.24, 2.45) is 0 Å². The average Bonchev–Trinajstić information content (AvgIpc) is 2.90. The Morgan fingerprint density at radius 3 is 0.568 bits per heavy atom. The van der Waals surface area contributed by atoms with Gasteiger partial charge >= 0.3 is 118 Å². The second kappa shape index (κ2) is 26.2. The molecular weight excluding hydrogens is 620 g/mol. The van der Waals surface area contributed by atoms with E-state index in [1.54, 1.807) is 24.3 Å². The van der Waals surface area contributed by atoms with Gasteiger partial charge < -0.3 is 60.0 Å². The summed E-state index contributed by atoms with van der Waals surface area (Å²) < 4.78 is 0. The van der Waals surface area contributed by atoms with Crippen LogP contribution in [-0.4, -0.2) is 44.3 Å². The van der Waals surface area contributed by atoms with Crippen LogP contribution in [-0.2, 0) is 0 Å². The number of phenols is 4. The van der Waals surface area contributed by atoms with Crippen LogP contribution in [0.1, 0.15) is 41.4 Å². The Labute approximate surface area is 340 Å². The predicted molar refractivity (Wildman–Crippen MR) is 130 cm³/mol. The van der Waals surface area contributed by atoms with Crippen LogP contribution >= 0.6 is 0 Å². The van der Waals surface area contributed by atoms with E-state index in [0.29, 0.717) is 0 Å². The van der Waals surface area contributed by atoms with Crippen LogP contribution in [0.2, 0.25) is 0 Å². The summed E-state index contributed by atoms with van der Waals surface area (Å²) in [6.07, 6.45) is 0. The molecular formula is C28H20Na4O12.